The third-order valence-corrected chi connectivity index (χ3v) is 4.36. The van der Waals surface area contributed by atoms with Gasteiger partial charge in [0.1, 0.15) is 0 Å². The maximum Gasteiger partial charge on any atom is 0.170 e. The second-order valence-corrected chi connectivity index (χ2v) is 6.31. The zero-order chi connectivity index (χ0) is 14.8. The second kappa shape index (κ2) is 5.69. The summed E-state index contributed by atoms with van der Waals surface area (Å²) in [5.74, 6) is 1.52. The van der Waals surface area contributed by atoms with Crippen molar-refractivity contribution in [1.82, 2.24) is 9.97 Å². The van der Waals surface area contributed by atoms with Crippen molar-refractivity contribution in [2.75, 3.05) is 11.1 Å². The molecule has 0 aliphatic heterocycles. The van der Waals surface area contributed by atoms with E-state index in [1.807, 2.05) is 24.3 Å². The molecule has 0 aliphatic carbocycles. The van der Waals surface area contributed by atoms with Crippen LogP contribution < -0.4 is 11.1 Å². The van der Waals surface area contributed by atoms with Gasteiger partial charge in [-0.2, -0.15) is 0 Å². The molecule has 2 heterocycles. The number of nitrogen functional groups attached to an aromatic ring is 1. The van der Waals surface area contributed by atoms with Crippen molar-refractivity contribution in [3.63, 3.8) is 0 Å². The maximum absolute atomic E-state index is 6.06. The van der Waals surface area contributed by atoms with E-state index in [9.17, 15) is 0 Å². The molecule has 4 nitrogen and oxygen atoms in total. The van der Waals surface area contributed by atoms with E-state index in [0.29, 0.717) is 17.6 Å². The van der Waals surface area contributed by atoms with E-state index in [4.69, 9.17) is 5.73 Å². The lowest BCUT2D eigenvalue weighted by atomic mass is 10.0. The molecule has 0 saturated carbocycles. The van der Waals surface area contributed by atoms with Gasteiger partial charge >= 0.3 is 0 Å². The number of aromatic nitrogens is 2. The zero-order valence-electron chi connectivity index (χ0n) is 12.1. The summed E-state index contributed by atoms with van der Waals surface area (Å²) in [6, 6.07) is 12.1. The number of para-hydroxylation sites is 2. The van der Waals surface area contributed by atoms with Gasteiger partial charge < -0.3 is 11.1 Å². The predicted molar refractivity (Wildman–Crippen MR) is 89.5 cm³/mol. The number of nitrogens with zero attached hydrogens (tertiary/aromatic N) is 2. The Morgan fingerprint density at radius 2 is 1.76 bits per heavy atom. The fourth-order valence-corrected chi connectivity index (χ4v) is 3.25. The number of hydrogen-bond acceptors (Lipinski definition) is 5. The van der Waals surface area contributed by atoms with Gasteiger partial charge in [0, 0.05) is 4.88 Å². The minimum Gasteiger partial charge on any atom is -0.381 e. The van der Waals surface area contributed by atoms with Crippen LogP contribution in [0.2, 0.25) is 0 Å². The van der Waals surface area contributed by atoms with Crippen LogP contribution >= 0.6 is 11.3 Å². The Hall–Kier alpha value is -2.14. The molecule has 0 bridgehead atoms. The van der Waals surface area contributed by atoms with E-state index < -0.39 is 0 Å². The monoisotopic (exact) mass is 298 g/mol. The van der Waals surface area contributed by atoms with Gasteiger partial charge in [0.25, 0.3) is 0 Å². The van der Waals surface area contributed by atoms with Gasteiger partial charge in [0.2, 0.25) is 0 Å². The largest absolute Gasteiger partial charge is 0.381 e. The van der Waals surface area contributed by atoms with Crippen LogP contribution in [0.1, 0.15) is 24.8 Å². The van der Waals surface area contributed by atoms with Crippen molar-refractivity contribution < 1.29 is 0 Å². The Kier molecular flexibility index (Phi) is 3.75. The first kappa shape index (κ1) is 13.8. The maximum atomic E-state index is 6.06. The molecule has 3 rings (SSSR count). The highest BCUT2D eigenvalue weighted by molar-refractivity contribution is 7.10. The van der Waals surface area contributed by atoms with Crippen LogP contribution in [-0.2, 0) is 0 Å². The lowest BCUT2D eigenvalue weighted by molar-refractivity contribution is 0.552. The van der Waals surface area contributed by atoms with E-state index in [1.165, 1.54) is 4.88 Å². The summed E-state index contributed by atoms with van der Waals surface area (Å²) < 4.78 is 0. The van der Waals surface area contributed by atoms with E-state index in [2.05, 4.69) is 46.6 Å². The van der Waals surface area contributed by atoms with Gasteiger partial charge in [-0.15, -0.1) is 11.3 Å². The Morgan fingerprint density at radius 1 is 1.05 bits per heavy atom. The molecule has 0 aliphatic rings. The number of fused-ring (bicyclic) bond motifs is 1. The fraction of sp³-hybridized carbons (Fsp3) is 0.250. The van der Waals surface area contributed by atoms with Gasteiger partial charge in [-0.1, -0.05) is 32.0 Å². The summed E-state index contributed by atoms with van der Waals surface area (Å²) in [4.78, 5) is 10.3. The van der Waals surface area contributed by atoms with Crippen LogP contribution in [0.4, 0.5) is 11.6 Å². The topological polar surface area (TPSA) is 63.8 Å². The molecular formula is C16H18N4S. The number of nitrogens with two attached hydrogens (primary N) is 1. The molecule has 0 amide bonds. The van der Waals surface area contributed by atoms with Crippen molar-refractivity contribution in [1.29, 1.82) is 0 Å². The average Bonchev–Trinajstić information content (AvgIpc) is 2.98. The number of rotatable bonds is 4. The molecule has 3 N–H and O–H groups in total. The van der Waals surface area contributed by atoms with Crippen LogP contribution in [0.15, 0.2) is 41.8 Å². The highest BCUT2D eigenvalue weighted by atomic mass is 32.1. The average molecular weight is 298 g/mol. The lowest BCUT2D eigenvalue weighted by Gasteiger charge is -2.22. The number of nitrogens with one attached hydrogen (secondary N) is 1. The first-order chi connectivity index (χ1) is 10.1. The number of hydrogen-bond donors (Lipinski definition) is 2. The standard InChI is InChI=1S/C16H18N4S/c1-10(2)14(13-8-5-9-21-13)20-16-15(17)18-11-6-3-4-7-12(11)19-16/h3-10,14H,1-2H3,(H2,17,18)(H,19,20). The van der Waals surface area contributed by atoms with Crippen LogP contribution in [0.3, 0.4) is 0 Å². The van der Waals surface area contributed by atoms with Crippen LogP contribution in [0, 0.1) is 5.92 Å². The van der Waals surface area contributed by atoms with E-state index in [1.54, 1.807) is 11.3 Å². The Labute approximate surface area is 128 Å². The third kappa shape index (κ3) is 2.83. The molecule has 5 heteroatoms. The first-order valence-corrected chi connectivity index (χ1v) is 7.85. The third-order valence-electron chi connectivity index (χ3n) is 3.41. The highest BCUT2D eigenvalue weighted by Gasteiger charge is 2.19. The predicted octanol–water partition coefficient (Wildman–Crippen LogP) is 4.08. The van der Waals surface area contributed by atoms with Crippen molar-refractivity contribution >= 4 is 34.0 Å². The number of anilines is 2. The molecule has 1 aromatic carbocycles. The minimum atomic E-state index is 0.183. The molecule has 0 fully saturated rings. The Bertz CT molecular complexity index is 737. The van der Waals surface area contributed by atoms with Crippen molar-refractivity contribution in [3.05, 3.63) is 46.7 Å². The number of benzene rings is 1. The molecule has 0 radical (unpaired) electrons. The van der Waals surface area contributed by atoms with Gasteiger partial charge in [-0.25, -0.2) is 9.97 Å². The Balaban J connectivity index is 1.98. The molecule has 21 heavy (non-hydrogen) atoms. The molecule has 0 saturated heterocycles. The lowest BCUT2D eigenvalue weighted by Crippen LogP contribution is -2.18. The summed E-state index contributed by atoms with van der Waals surface area (Å²) in [5.41, 5.74) is 7.72. The normalized spacial score (nSPS) is 12.7. The number of thiophene rings is 1. The minimum absolute atomic E-state index is 0.183. The van der Waals surface area contributed by atoms with Gasteiger partial charge in [-0.3, -0.25) is 0 Å². The summed E-state index contributed by atoms with van der Waals surface area (Å²) >= 11 is 1.74. The summed E-state index contributed by atoms with van der Waals surface area (Å²) in [6.45, 7) is 4.37. The summed E-state index contributed by atoms with van der Waals surface area (Å²) in [6.07, 6.45) is 0. The summed E-state index contributed by atoms with van der Waals surface area (Å²) in [7, 11) is 0. The van der Waals surface area contributed by atoms with Gasteiger partial charge in [0.15, 0.2) is 11.6 Å². The van der Waals surface area contributed by atoms with E-state index in [-0.39, 0.29) is 6.04 Å². The van der Waals surface area contributed by atoms with Crippen LogP contribution in [0.5, 0.6) is 0 Å². The molecular weight excluding hydrogens is 280 g/mol. The SMILES string of the molecule is CC(C)C(Nc1nc2ccccc2nc1N)c1cccs1. The van der Waals surface area contributed by atoms with Crippen LogP contribution in [-0.4, -0.2) is 9.97 Å². The first-order valence-electron chi connectivity index (χ1n) is 6.97. The molecule has 108 valence electrons. The summed E-state index contributed by atoms with van der Waals surface area (Å²) in [5, 5.41) is 5.54. The van der Waals surface area contributed by atoms with Gasteiger partial charge in [-0.05, 0) is 29.5 Å². The van der Waals surface area contributed by atoms with Crippen molar-refractivity contribution in [3.8, 4) is 0 Å². The molecule has 2 aromatic heterocycles. The fourth-order valence-electron chi connectivity index (χ4n) is 2.30. The zero-order valence-corrected chi connectivity index (χ0v) is 12.9. The quantitative estimate of drug-likeness (QED) is 0.761. The second-order valence-electron chi connectivity index (χ2n) is 5.33. The van der Waals surface area contributed by atoms with Crippen LogP contribution in [0.25, 0.3) is 11.0 Å². The molecule has 3 aromatic rings. The molecule has 1 atom stereocenters. The van der Waals surface area contributed by atoms with E-state index in [0.717, 1.165) is 11.0 Å². The van der Waals surface area contributed by atoms with Gasteiger partial charge in [0.05, 0.1) is 17.1 Å². The van der Waals surface area contributed by atoms with E-state index >= 15 is 0 Å². The Morgan fingerprint density at radius 3 is 2.38 bits per heavy atom. The highest BCUT2D eigenvalue weighted by Crippen LogP contribution is 2.31. The molecule has 0 spiro atoms. The van der Waals surface area contributed by atoms with Crippen molar-refractivity contribution in [2.45, 2.75) is 19.9 Å². The smallest absolute Gasteiger partial charge is 0.170 e. The van der Waals surface area contributed by atoms with Crippen molar-refractivity contribution in [2.24, 2.45) is 5.92 Å². The molecule has 1 unspecified atom stereocenters.